The molecule has 0 saturated heterocycles. The second-order valence-electron chi connectivity index (χ2n) is 4.09. The number of hydrogen-bond donors (Lipinski definition) is 0. The molecule has 2 rings (SSSR count). The van der Waals surface area contributed by atoms with Crippen molar-refractivity contribution < 1.29 is 9.72 Å². The first-order valence-corrected chi connectivity index (χ1v) is 7.57. The van der Waals surface area contributed by atoms with Crippen LogP contribution in [0.4, 0.5) is 5.69 Å². The molecule has 2 aromatic rings. The molecule has 0 aliphatic carbocycles. The number of carbonyl (C=O) groups is 1. The van der Waals surface area contributed by atoms with Gasteiger partial charge in [0.1, 0.15) is 0 Å². The molecule has 7 heteroatoms. The molecule has 4 nitrogen and oxygen atoms in total. The average Bonchev–Trinajstić information content (AvgIpc) is 2.46. The highest BCUT2D eigenvalue weighted by molar-refractivity contribution is 8.00. The quantitative estimate of drug-likeness (QED) is 0.336. The number of hydrogen-bond acceptors (Lipinski definition) is 4. The molecule has 0 amide bonds. The van der Waals surface area contributed by atoms with Crippen molar-refractivity contribution in [2.75, 3.05) is 5.75 Å². The smallest absolute Gasteiger partial charge is 0.284 e. The van der Waals surface area contributed by atoms with Gasteiger partial charge >= 0.3 is 0 Å². The summed E-state index contributed by atoms with van der Waals surface area (Å²) in [5.74, 6) is -0.0229. The second kappa shape index (κ2) is 6.93. The lowest BCUT2D eigenvalue weighted by Crippen LogP contribution is -2.02. The van der Waals surface area contributed by atoms with Crippen LogP contribution in [-0.2, 0) is 0 Å². The maximum Gasteiger partial charge on any atom is 0.284 e. The Morgan fingerprint density at radius 1 is 1.10 bits per heavy atom. The van der Waals surface area contributed by atoms with Gasteiger partial charge in [0.05, 0.1) is 15.6 Å². The topological polar surface area (TPSA) is 60.2 Å². The summed E-state index contributed by atoms with van der Waals surface area (Å²) in [6.45, 7) is 0. The Hall–Kier alpha value is -1.56. The van der Waals surface area contributed by atoms with Crippen LogP contribution in [0, 0.1) is 10.1 Å². The van der Waals surface area contributed by atoms with Crippen molar-refractivity contribution in [1.82, 2.24) is 0 Å². The van der Waals surface area contributed by atoms with Crippen LogP contribution in [0.5, 0.6) is 0 Å². The number of nitro benzene ring substituents is 1. The highest BCUT2D eigenvalue weighted by Gasteiger charge is 2.16. The van der Waals surface area contributed by atoms with Gasteiger partial charge in [-0.3, -0.25) is 14.9 Å². The molecule has 0 heterocycles. The molecule has 0 unspecified atom stereocenters. The summed E-state index contributed by atoms with van der Waals surface area (Å²) in [6, 6.07) is 10.9. The molecule has 0 fully saturated rings. The number of Topliss-reactive ketones (excluding diaryl/α,β-unsaturated/α-hetero) is 1. The summed E-state index contributed by atoms with van der Waals surface area (Å²) in [5.41, 5.74) is 0.417. The van der Waals surface area contributed by atoms with Gasteiger partial charge < -0.3 is 0 Å². The number of thioether (sulfide) groups is 1. The first kappa shape index (κ1) is 15.8. The van der Waals surface area contributed by atoms with Crippen LogP contribution in [0.15, 0.2) is 47.4 Å². The summed E-state index contributed by atoms with van der Waals surface area (Å²) in [4.78, 5) is 22.9. The lowest BCUT2D eigenvalue weighted by molar-refractivity contribution is -0.387. The van der Waals surface area contributed by atoms with E-state index in [1.54, 1.807) is 36.4 Å². The first-order valence-electron chi connectivity index (χ1n) is 5.83. The third kappa shape index (κ3) is 4.20. The number of nitro groups is 1. The minimum atomic E-state index is -0.513. The highest BCUT2D eigenvalue weighted by atomic mass is 35.5. The zero-order valence-electron chi connectivity index (χ0n) is 10.6. The lowest BCUT2D eigenvalue weighted by atomic mass is 10.1. The molecule has 0 atom stereocenters. The molecule has 0 aliphatic heterocycles. The molecular formula is C14H9Cl2NO3S. The fourth-order valence-corrected chi connectivity index (χ4v) is 2.81. The minimum Gasteiger partial charge on any atom is -0.293 e. The van der Waals surface area contributed by atoms with Crippen LogP contribution in [-0.4, -0.2) is 16.5 Å². The lowest BCUT2D eigenvalue weighted by Gasteiger charge is -2.03. The van der Waals surface area contributed by atoms with Crippen LogP contribution in [0.2, 0.25) is 10.0 Å². The Labute approximate surface area is 135 Å². The van der Waals surface area contributed by atoms with Gasteiger partial charge in [-0.25, -0.2) is 0 Å². The van der Waals surface area contributed by atoms with Crippen LogP contribution in [0.1, 0.15) is 10.4 Å². The second-order valence-corrected chi connectivity index (χ2v) is 5.98. The highest BCUT2D eigenvalue weighted by Crippen LogP contribution is 2.32. The predicted octanol–water partition coefficient (Wildman–Crippen LogP) is 4.88. The Bertz CT molecular complexity index is 689. The molecule has 0 radical (unpaired) electrons. The maximum atomic E-state index is 12.0. The van der Waals surface area contributed by atoms with E-state index in [1.165, 1.54) is 6.07 Å². The molecule has 108 valence electrons. The molecule has 0 aliphatic rings. The van der Waals surface area contributed by atoms with Crippen molar-refractivity contribution in [3.05, 3.63) is 68.2 Å². The van der Waals surface area contributed by atoms with Crippen LogP contribution >= 0.6 is 35.0 Å². The predicted molar refractivity (Wildman–Crippen MR) is 84.6 cm³/mol. The van der Waals surface area contributed by atoms with Gasteiger partial charge in [-0.1, -0.05) is 23.2 Å². The summed E-state index contributed by atoms with van der Waals surface area (Å²) < 4.78 is 0. The molecule has 0 saturated carbocycles. The van der Waals surface area contributed by atoms with E-state index < -0.39 is 4.92 Å². The van der Waals surface area contributed by atoms with Crippen molar-refractivity contribution in [3.8, 4) is 0 Å². The molecule has 0 bridgehead atoms. The average molecular weight is 342 g/mol. The Balaban J connectivity index is 2.11. The van der Waals surface area contributed by atoms with E-state index in [9.17, 15) is 14.9 Å². The van der Waals surface area contributed by atoms with Crippen LogP contribution in [0.25, 0.3) is 0 Å². The number of benzene rings is 2. The Kier molecular flexibility index (Phi) is 5.22. The van der Waals surface area contributed by atoms with Gasteiger partial charge in [-0.15, -0.1) is 11.8 Å². The van der Waals surface area contributed by atoms with Gasteiger partial charge in [0, 0.05) is 21.7 Å². The number of nitrogens with zero attached hydrogens (tertiary/aromatic N) is 1. The monoisotopic (exact) mass is 341 g/mol. The third-order valence-corrected chi connectivity index (χ3v) is 4.19. The molecular weight excluding hydrogens is 333 g/mol. The van der Waals surface area contributed by atoms with E-state index in [2.05, 4.69) is 0 Å². The third-order valence-electron chi connectivity index (χ3n) is 2.64. The molecule has 0 aromatic heterocycles. The Morgan fingerprint density at radius 3 is 2.33 bits per heavy atom. The van der Waals surface area contributed by atoms with Gasteiger partial charge in [0.2, 0.25) is 0 Å². The zero-order valence-corrected chi connectivity index (χ0v) is 12.9. The van der Waals surface area contributed by atoms with E-state index in [0.717, 1.165) is 11.8 Å². The number of halogens is 2. The van der Waals surface area contributed by atoms with E-state index in [4.69, 9.17) is 23.2 Å². The molecule has 0 spiro atoms. The number of rotatable bonds is 5. The Morgan fingerprint density at radius 2 is 1.71 bits per heavy atom. The summed E-state index contributed by atoms with van der Waals surface area (Å²) in [6.07, 6.45) is 0. The normalized spacial score (nSPS) is 10.4. The van der Waals surface area contributed by atoms with E-state index in [-0.39, 0.29) is 22.2 Å². The number of carbonyl (C=O) groups excluding carboxylic acids is 1. The van der Waals surface area contributed by atoms with Gasteiger partial charge in [0.25, 0.3) is 5.69 Å². The van der Waals surface area contributed by atoms with E-state index >= 15 is 0 Å². The summed E-state index contributed by atoms with van der Waals surface area (Å²) in [5, 5.41) is 11.8. The summed E-state index contributed by atoms with van der Waals surface area (Å²) >= 11 is 12.6. The summed E-state index contributed by atoms with van der Waals surface area (Å²) in [7, 11) is 0. The van der Waals surface area contributed by atoms with Crippen LogP contribution in [0.3, 0.4) is 0 Å². The largest absolute Gasteiger partial charge is 0.293 e. The molecule has 0 N–H and O–H groups in total. The number of ketones is 1. The fraction of sp³-hybridized carbons (Fsp3) is 0.0714. The first-order chi connectivity index (χ1) is 9.97. The zero-order chi connectivity index (χ0) is 15.4. The van der Waals surface area contributed by atoms with E-state index in [1.807, 2.05) is 0 Å². The van der Waals surface area contributed by atoms with Crippen molar-refractivity contribution in [3.63, 3.8) is 0 Å². The molecule has 21 heavy (non-hydrogen) atoms. The maximum absolute atomic E-state index is 12.0. The van der Waals surface area contributed by atoms with Crippen molar-refractivity contribution in [1.29, 1.82) is 0 Å². The minimum absolute atomic E-state index is 0.101. The van der Waals surface area contributed by atoms with Gasteiger partial charge in [-0.05, 0) is 36.4 Å². The van der Waals surface area contributed by atoms with Crippen molar-refractivity contribution in [2.24, 2.45) is 0 Å². The standard InChI is InChI=1S/C14H9Cl2NO3S/c15-10-3-1-9(2-4-10)13(18)8-21-14-6-5-11(16)7-12(14)17(19)20/h1-7H,8H2. The SMILES string of the molecule is O=C(CSc1ccc(Cl)cc1[N+](=O)[O-])c1ccc(Cl)cc1. The fourth-order valence-electron chi connectivity index (χ4n) is 1.62. The van der Waals surface area contributed by atoms with E-state index in [0.29, 0.717) is 15.5 Å². The van der Waals surface area contributed by atoms with Crippen molar-refractivity contribution in [2.45, 2.75) is 4.90 Å². The van der Waals surface area contributed by atoms with Gasteiger partial charge in [0.15, 0.2) is 5.78 Å². The van der Waals surface area contributed by atoms with Crippen molar-refractivity contribution >= 4 is 46.4 Å². The van der Waals surface area contributed by atoms with Gasteiger partial charge in [-0.2, -0.15) is 0 Å². The van der Waals surface area contributed by atoms with Crippen LogP contribution < -0.4 is 0 Å². The molecule has 2 aromatic carbocycles.